The molecule has 2 saturated heterocycles. The maximum Gasteiger partial charge on any atom is 0.243 e. The molecule has 2 heterocycles. The Labute approximate surface area is 125 Å². The molecule has 2 bridgehead atoms. The molecule has 1 aromatic rings. The summed E-state index contributed by atoms with van der Waals surface area (Å²) in [6.07, 6.45) is 2.59. The number of hydrogen-bond acceptors (Lipinski definition) is 4. The second-order valence-corrected chi connectivity index (χ2v) is 7.64. The number of nitrogens with zero attached hydrogens (tertiary/aromatic N) is 1. The van der Waals surface area contributed by atoms with Gasteiger partial charge in [0, 0.05) is 13.1 Å². The molecule has 0 aromatic heterocycles. The summed E-state index contributed by atoms with van der Waals surface area (Å²) >= 11 is 0. The Hall–Kier alpha value is -0.950. The van der Waals surface area contributed by atoms with E-state index in [0.29, 0.717) is 30.0 Å². The zero-order valence-electron chi connectivity index (χ0n) is 12.2. The molecule has 0 radical (unpaired) electrons. The van der Waals surface area contributed by atoms with E-state index in [2.05, 4.69) is 0 Å². The number of benzene rings is 1. The molecule has 2 aliphatic heterocycles. The number of fused-ring (bicyclic) bond motifs is 2. The Morgan fingerprint density at radius 3 is 2.52 bits per heavy atom. The molecule has 2 unspecified atom stereocenters. The van der Waals surface area contributed by atoms with Crippen molar-refractivity contribution < 1.29 is 18.3 Å². The molecule has 0 aliphatic carbocycles. The summed E-state index contributed by atoms with van der Waals surface area (Å²) in [6.45, 7) is 2.66. The molecule has 0 amide bonds. The molecule has 6 heteroatoms. The van der Waals surface area contributed by atoms with Crippen molar-refractivity contribution in [2.45, 2.75) is 49.9 Å². The highest BCUT2D eigenvalue weighted by Crippen LogP contribution is 2.31. The van der Waals surface area contributed by atoms with Gasteiger partial charge in [0.2, 0.25) is 10.0 Å². The zero-order chi connectivity index (χ0) is 15.0. The van der Waals surface area contributed by atoms with Gasteiger partial charge in [-0.05, 0) is 36.5 Å². The van der Waals surface area contributed by atoms with Gasteiger partial charge in [-0.3, -0.25) is 0 Å². The van der Waals surface area contributed by atoms with E-state index < -0.39 is 10.0 Å². The molecule has 2 fully saturated rings. The maximum atomic E-state index is 12.9. The fourth-order valence-corrected chi connectivity index (χ4v) is 4.99. The first kappa shape index (κ1) is 15.0. The standard InChI is InChI=1S/C15H21NO4S/c1-2-12-4-3-11(10-17)7-15(12)21(18,19)16-8-13-5-6-14(9-16)20-13/h3-4,7,13-14,17H,2,5-6,8-10H2,1H3. The number of aliphatic hydroxyl groups excluding tert-OH is 1. The van der Waals surface area contributed by atoms with Gasteiger partial charge in [-0.25, -0.2) is 8.42 Å². The molecule has 3 rings (SSSR count). The third-order valence-electron chi connectivity index (χ3n) is 4.32. The average molecular weight is 311 g/mol. The molecule has 21 heavy (non-hydrogen) atoms. The summed E-state index contributed by atoms with van der Waals surface area (Å²) < 4.78 is 33.1. The Bertz CT molecular complexity index is 617. The summed E-state index contributed by atoms with van der Waals surface area (Å²) in [5.41, 5.74) is 1.42. The number of ether oxygens (including phenoxy) is 1. The molecule has 2 aliphatic rings. The fraction of sp³-hybridized carbons (Fsp3) is 0.600. The number of morpholine rings is 1. The van der Waals surface area contributed by atoms with E-state index in [1.807, 2.05) is 6.92 Å². The molecule has 0 spiro atoms. The minimum absolute atomic E-state index is 0.0321. The third kappa shape index (κ3) is 2.73. The van der Waals surface area contributed by atoms with Crippen LogP contribution in [0.25, 0.3) is 0 Å². The number of rotatable bonds is 4. The lowest BCUT2D eigenvalue weighted by molar-refractivity contribution is -0.0114. The van der Waals surface area contributed by atoms with Crippen molar-refractivity contribution >= 4 is 10.0 Å². The van der Waals surface area contributed by atoms with E-state index in [0.717, 1.165) is 18.4 Å². The van der Waals surface area contributed by atoms with Crippen LogP contribution in [0.1, 0.15) is 30.9 Å². The minimum Gasteiger partial charge on any atom is -0.392 e. The van der Waals surface area contributed by atoms with Crippen molar-refractivity contribution in [2.24, 2.45) is 0 Å². The predicted molar refractivity (Wildman–Crippen MR) is 78.4 cm³/mol. The zero-order valence-corrected chi connectivity index (χ0v) is 13.0. The quantitative estimate of drug-likeness (QED) is 0.910. The van der Waals surface area contributed by atoms with Crippen LogP contribution < -0.4 is 0 Å². The van der Waals surface area contributed by atoms with Gasteiger partial charge >= 0.3 is 0 Å². The minimum atomic E-state index is -3.52. The summed E-state index contributed by atoms with van der Waals surface area (Å²) in [7, 11) is -3.52. The lowest BCUT2D eigenvalue weighted by Crippen LogP contribution is -2.45. The van der Waals surface area contributed by atoms with Crippen LogP contribution in [0.4, 0.5) is 0 Å². The highest BCUT2D eigenvalue weighted by atomic mass is 32.2. The summed E-state index contributed by atoms with van der Waals surface area (Å²) in [4.78, 5) is 0.331. The van der Waals surface area contributed by atoms with Crippen LogP contribution in [0.5, 0.6) is 0 Å². The van der Waals surface area contributed by atoms with Gasteiger partial charge in [0.05, 0.1) is 23.7 Å². The van der Waals surface area contributed by atoms with Crippen molar-refractivity contribution in [2.75, 3.05) is 13.1 Å². The van der Waals surface area contributed by atoms with Crippen molar-refractivity contribution in [1.82, 2.24) is 4.31 Å². The lowest BCUT2D eigenvalue weighted by atomic mass is 10.1. The first-order valence-electron chi connectivity index (χ1n) is 7.43. The van der Waals surface area contributed by atoms with Crippen LogP contribution >= 0.6 is 0 Å². The average Bonchev–Trinajstić information content (AvgIpc) is 2.84. The van der Waals surface area contributed by atoms with Gasteiger partial charge in [-0.1, -0.05) is 19.1 Å². The van der Waals surface area contributed by atoms with Crippen LogP contribution in [0.3, 0.4) is 0 Å². The SMILES string of the molecule is CCc1ccc(CO)cc1S(=O)(=O)N1CC2CCC(C1)O2. The summed E-state index contributed by atoms with van der Waals surface area (Å²) in [5, 5.41) is 9.27. The molecule has 116 valence electrons. The summed E-state index contributed by atoms with van der Waals surface area (Å²) in [5.74, 6) is 0. The van der Waals surface area contributed by atoms with E-state index >= 15 is 0 Å². The molecule has 1 N–H and O–H groups in total. The van der Waals surface area contributed by atoms with E-state index in [1.165, 1.54) is 0 Å². The van der Waals surface area contributed by atoms with Crippen molar-refractivity contribution in [3.05, 3.63) is 29.3 Å². The Morgan fingerprint density at radius 2 is 1.95 bits per heavy atom. The van der Waals surface area contributed by atoms with E-state index in [4.69, 9.17) is 4.74 Å². The smallest absolute Gasteiger partial charge is 0.243 e. The van der Waals surface area contributed by atoms with Crippen LogP contribution in [0, 0.1) is 0 Å². The number of aliphatic hydroxyl groups is 1. The van der Waals surface area contributed by atoms with E-state index in [1.54, 1.807) is 22.5 Å². The molecule has 1 aromatic carbocycles. The van der Waals surface area contributed by atoms with Crippen molar-refractivity contribution in [3.8, 4) is 0 Å². The van der Waals surface area contributed by atoms with Gasteiger partial charge < -0.3 is 9.84 Å². The Kier molecular flexibility index (Phi) is 4.05. The van der Waals surface area contributed by atoms with Gasteiger partial charge in [0.1, 0.15) is 0 Å². The normalized spacial score (nSPS) is 26.2. The highest BCUT2D eigenvalue weighted by Gasteiger charge is 2.39. The number of aryl methyl sites for hydroxylation is 1. The molecule has 2 atom stereocenters. The van der Waals surface area contributed by atoms with Crippen LogP contribution in [0.15, 0.2) is 23.1 Å². The second kappa shape index (κ2) is 5.68. The van der Waals surface area contributed by atoms with E-state index in [-0.39, 0.29) is 18.8 Å². The first-order valence-corrected chi connectivity index (χ1v) is 8.87. The van der Waals surface area contributed by atoms with Gasteiger partial charge in [-0.2, -0.15) is 4.31 Å². The number of sulfonamides is 1. The third-order valence-corrected chi connectivity index (χ3v) is 6.24. The molecule has 0 saturated carbocycles. The first-order chi connectivity index (χ1) is 10.0. The van der Waals surface area contributed by atoms with Gasteiger partial charge in [0.25, 0.3) is 0 Å². The Balaban J connectivity index is 1.97. The molecular weight excluding hydrogens is 290 g/mol. The number of hydrogen-bond donors (Lipinski definition) is 1. The highest BCUT2D eigenvalue weighted by molar-refractivity contribution is 7.89. The second-order valence-electron chi connectivity index (χ2n) is 5.73. The lowest BCUT2D eigenvalue weighted by Gasteiger charge is -2.31. The molecular formula is C15H21NO4S. The van der Waals surface area contributed by atoms with Crippen molar-refractivity contribution in [3.63, 3.8) is 0 Å². The Morgan fingerprint density at radius 1 is 1.29 bits per heavy atom. The van der Waals surface area contributed by atoms with Crippen molar-refractivity contribution in [1.29, 1.82) is 0 Å². The van der Waals surface area contributed by atoms with E-state index in [9.17, 15) is 13.5 Å². The predicted octanol–water partition coefficient (Wildman–Crippen LogP) is 1.29. The van der Waals surface area contributed by atoms with Crippen LogP contribution in [-0.2, 0) is 27.8 Å². The van der Waals surface area contributed by atoms with Crippen LogP contribution in [0.2, 0.25) is 0 Å². The van der Waals surface area contributed by atoms with Crippen LogP contribution in [-0.4, -0.2) is 43.1 Å². The van der Waals surface area contributed by atoms with Gasteiger partial charge in [0.15, 0.2) is 0 Å². The van der Waals surface area contributed by atoms with Gasteiger partial charge in [-0.15, -0.1) is 0 Å². The maximum absolute atomic E-state index is 12.9. The topological polar surface area (TPSA) is 66.8 Å². The summed E-state index contributed by atoms with van der Waals surface area (Å²) in [6, 6.07) is 5.18. The molecule has 5 nitrogen and oxygen atoms in total. The fourth-order valence-electron chi connectivity index (χ4n) is 3.14. The largest absolute Gasteiger partial charge is 0.392 e. The monoisotopic (exact) mass is 311 g/mol.